The summed E-state index contributed by atoms with van der Waals surface area (Å²) in [6.07, 6.45) is 17.2. The highest BCUT2D eigenvalue weighted by molar-refractivity contribution is 4.57. The lowest BCUT2D eigenvalue weighted by atomic mass is 10.0. The molecule has 0 aromatic heterocycles. The van der Waals surface area contributed by atoms with Gasteiger partial charge in [-0.25, -0.2) is 0 Å². The van der Waals surface area contributed by atoms with Crippen LogP contribution in [0.2, 0.25) is 0 Å². The van der Waals surface area contributed by atoms with Gasteiger partial charge in [0, 0.05) is 13.7 Å². The smallest absolute Gasteiger partial charge is 0.146 e. The molecule has 0 spiro atoms. The van der Waals surface area contributed by atoms with E-state index >= 15 is 0 Å². The minimum Gasteiger partial charge on any atom is -0.393 e. The Morgan fingerprint density at radius 3 is 1.77 bits per heavy atom. The minimum absolute atomic E-state index is 0.0519. The molecule has 0 aliphatic heterocycles. The highest BCUT2D eigenvalue weighted by Crippen LogP contribution is 2.13. The van der Waals surface area contributed by atoms with E-state index in [1.54, 1.807) is 7.11 Å². The van der Waals surface area contributed by atoms with E-state index in [2.05, 4.69) is 6.92 Å². The summed E-state index contributed by atoms with van der Waals surface area (Å²) in [6, 6.07) is 0. The topological polar surface area (TPSA) is 38.7 Å². The highest BCUT2D eigenvalue weighted by Gasteiger charge is 2.03. The van der Waals surface area contributed by atoms with Crippen LogP contribution in [0.25, 0.3) is 0 Å². The third kappa shape index (κ3) is 17.9. The fourth-order valence-electron chi connectivity index (χ4n) is 2.74. The standard InChI is InChI=1S/C19H40O3/c1-3-4-5-12-15-19(20)16-13-10-8-6-7-9-11-14-17-22-18-21-2/h19-20H,3-18H2,1-2H3. The average Bonchev–Trinajstić information content (AvgIpc) is 2.52. The van der Waals surface area contributed by atoms with Crippen molar-refractivity contribution in [2.45, 2.75) is 103 Å². The van der Waals surface area contributed by atoms with E-state index in [0.717, 1.165) is 25.9 Å². The maximum Gasteiger partial charge on any atom is 0.146 e. The number of rotatable bonds is 18. The lowest BCUT2D eigenvalue weighted by Crippen LogP contribution is -2.05. The van der Waals surface area contributed by atoms with Gasteiger partial charge in [0.05, 0.1) is 6.10 Å². The predicted octanol–water partition coefficient (Wildman–Crippen LogP) is 5.45. The van der Waals surface area contributed by atoms with Crippen molar-refractivity contribution in [1.82, 2.24) is 0 Å². The van der Waals surface area contributed by atoms with Gasteiger partial charge in [0.1, 0.15) is 6.79 Å². The van der Waals surface area contributed by atoms with E-state index in [0.29, 0.717) is 6.79 Å². The van der Waals surface area contributed by atoms with Gasteiger partial charge in [0.25, 0.3) is 0 Å². The summed E-state index contributed by atoms with van der Waals surface area (Å²) < 4.78 is 10.1. The third-order valence-electron chi connectivity index (χ3n) is 4.17. The molecule has 0 bridgehead atoms. The van der Waals surface area contributed by atoms with Gasteiger partial charge in [0.15, 0.2) is 0 Å². The summed E-state index contributed by atoms with van der Waals surface area (Å²) in [5.74, 6) is 0. The molecule has 0 amide bonds. The molecule has 1 N–H and O–H groups in total. The molecule has 22 heavy (non-hydrogen) atoms. The Labute approximate surface area is 138 Å². The number of methoxy groups -OCH3 is 1. The Bertz CT molecular complexity index is 197. The summed E-state index contributed by atoms with van der Waals surface area (Å²) in [4.78, 5) is 0. The van der Waals surface area contributed by atoms with Crippen molar-refractivity contribution in [3.05, 3.63) is 0 Å². The molecule has 0 aromatic rings. The zero-order valence-corrected chi connectivity index (χ0v) is 15.2. The van der Waals surface area contributed by atoms with Crippen LogP contribution in [0.4, 0.5) is 0 Å². The second-order valence-electron chi connectivity index (χ2n) is 6.44. The summed E-state index contributed by atoms with van der Waals surface area (Å²) >= 11 is 0. The van der Waals surface area contributed by atoms with E-state index in [1.807, 2.05) is 0 Å². The van der Waals surface area contributed by atoms with E-state index in [-0.39, 0.29) is 6.10 Å². The molecule has 1 unspecified atom stereocenters. The first-order valence-electron chi connectivity index (χ1n) is 9.56. The average molecular weight is 317 g/mol. The first kappa shape index (κ1) is 21.9. The van der Waals surface area contributed by atoms with Crippen molar-refractivity contribution in [1.29, 1.82) is 0 Å². The lowest BCUT2D eigenvalue weighted by molar-refractivity contribution is -0.0315. The van der Waals surface area contributed by atoms with Crippen LogP contribution in [0.1, 0.15) is 96.8 Å². The molecule has 0 heterocycles. The Balaban J connectivity index is 3.07. The van der Waals surface area contributed by atoms with Crippen LogP contribution < -0.4 is 0 Å². The van der Waals surface area contributed by atoms with Crippen molar-refractivity contribution in [3.63, 3.8) is 0 Å². The molecule has 0 fully saturated rings. The monoisotopic (exact) mass is 316 g/mol. The van der Waals surface area contributed by atoms with E-state index in [1.165, 1.54) is 70.6 Å². The van der Waals surface area contributed by atoms with Crippen molar-refractivity contribution in [2.24, 2.45) is 0 Å². The molecule has 0 radical (unpaired) electrons. The van der Waals surface area contributed by atoms with Gasteiger partial charge in [-0.1, -0.05) is 77.6 Å². The Kier molecular flexibility index (Phi) is 18.8. The van der Waals surface area contributed by atoms with Gasteiger partial charge in [-0.05, 0) is 19.3 Å². The molecule has 1 atom stereocenters. The van der Waals surface area contributed by atoms with Gasteiger partial charge in [0.2, 0.25) is 0 Å². The first-order chi connectivity index (χ1) is 10.8. The van der Waals surface area contributed by atoms with Gasteiger partial charge < -0.3 is 14.6 Å². The molecule has 3 nitrogen and oxygen atoms in total. The van der Waals surface area contributed by atoms with Crippen LogP contribution in [0.5, 0.6) is 0 Å². The van der Waals surface area contributed by atoms with Crippen molar-refractivity contribution >= 4 is 0 Å². The second kappa shape index (κ2) is 18.9. The van der Waals surface area contributed by atoms with Crippen LogP contribution in [-0.2, 0) is 9.47 Å². The summed E-state index contributed by atoms with van der Waals surface area (Å²) in [5.41, 5.74) is 0. The molecule has 0 aliphatic rings. The zero-order chi connectivity index (χ0) is 16.3. The number of unbranched alkanes of at least 4 members (excludes halogenated alkanes) is 10. The van der Waals surface area contributed by atoms with E-state index in [9.17, 15) is 5.11 Å². The fraction of sp³-hybridized carbons (Fsp3) is 1.00. The van der Waals surface area contributed by atoms with Crippen LogP contribution in [-0.4, -0.2) is 31.7 Å². The fourth-order valence-corrected chi connectivity index (χ4v) is 2.74. The van der Waals surface area contributed by atoms with E-state index in [4.69, 9.17) is 9.47 Å². The van der Waals surface area contributed by atoms with Crippen molar-refractivity contribution in [2.75, 3.05) is 20.5 Å². The van der Waals surface area contributed by atoms with E-state index < -0.39 is 0 Å². The summed E-state index contributed by atoms with van der Waals surface area (Å²) in [5, 5.41) is 9.89. The van der Waals surface area contributed by atoms with Gasteiger partial charge >= 0.3 is 0 Å². The minimum atomic E-state index is -0.0519. The lowest BCUT2D eigenvalue weighted by Gasteiger charge is -2.10. The second-order valence-corrected chi connectivity index (χ2v) is 6.44. The molecular weight excluding hydrogens is 276 g/mol. The molecule has 0 rings (SSSR count). The summed E-state index contributed by atoms with van der Waals surface area (Å²) in [7, 11) is 1.66. The van der Waals surface area contributed by atoms with Crippen LogP contribution in [0.15, 0.2) is 0 Å². The number of ether oxygens (including phenoxy) is 2. The molecule has 134 valence electrons. The Hall–Kier alpha value is -0.120. The van der Waals surface area contributed by atoms with Gasteiger partial charge in [-0.2, -0.15) is 0 Å². The quantitative estimate of drug-likeness (QED) is 0.270. The highest BCUT2D eigenvalue weighted by atomic mass is 16.7. The molecule has 0 saturated carbocycles. The first-order valence-corrected chi connectivity index (χ1v) is 9.56. The molecule has 0 aromatic carbocycles. The van der Waals surface area contributed by atoms with Gasteiger partial charge in [-0.15, -0.1) is 0 Å². The van der Waals surface area contributed by atoms with Crippen molar-refractivity contribution in [3.8, 4) is 0 Å². The zero-order valence-electron chi connectivity index (χ0n) is 15.2. The largest absolute Gasteiger partial charge is 0.393 e. The number of hydrogen-bond donors (Lipinski definition) is 1. The van der Waals surface area contributed by atoms with Crippen molar-refractivity contribution < 1.29 is 14.6 Å². The Morgan fingerprint density at radius 1 is 0.727 bits per heavy atom. The molecular formula is C19H40O3. The third-order valence-corrected chi connectivity index (χ3v) is 4.17. The number of hydrogen-bond acceptors (Lipinski definition) is 3. The maximum atomic E-state index is 9.89. The molecule has 3 heteroatoms. The summed E-state index contributed by atoms with van der Waals surface area (Å²) in [6.45, 7) is 3.47. The normalized spacial score (nSPS) is 12.7. The molecule has 0 saturated heterocycles. The number of aliphatic hydroxyl groups is 1. The van der Waals surface area contributed by atoms with Crippen LogP contribution in [0, 0.1) is 0 Å². The van der Waals surface area contributed by atoms with Crippen LogP contribution >= 0.6 is 0 Å². The maximum absolute atomic E-state index is 9.89. The number of aliphatic hydroxyl groups excluding tert-OH is 1. The Morgan fingerprint density at radius 2 is 1.23 bits per heavy atom. The SMILES string of the molecule is CCCCCCC(O)CCCCCCCCCCOCOC. The predicted molar refractivity (Wildman–Crippen MR) is 94.1 cm³/mol. The van der Waals surface area contributed by atoms with Crippen LogP contribution in [0.3, 0.4) is 0 Å². The van der Waals surface area contributed by atoms with Gasteiger partial charge in [-0.3, -0.25) is 0 Å². The molecule has 0 aliphatic carbocycles.